The molecule has 110 valence electrons. The summed E-state index contributed by atoms with van der Waals surface area (Å²) < 4.78 is 2.26. The maximum Gasteiger partial charge on any atom is 0.124 e. The minimum Gasteiger partial charge on any atom is -0.327 e. The van der Waals surface area contributed by atoms with Gasteiger partial charge < -0.3 is 4.57 Å². The molecule has 1 saturated carbocycles. The van der Waals surface area contributed by atoms with Crippen molar-refractivity contribution < 1.29 is 0 Å². The summed E-state index contributed by atoms with van der Waals surface area (Å²) in [5, 5.41) is 9.08. The molecule has 0 unspecified atom stereocenters. The zero-order chi connectivity index (χ0) is 14.7. The molecular weight excluding hydrogens is 278 g/mol. The van der Waals surface area contributed by atoms with Gasteiger partial charge in [-0.2, -0.15) is 17.9 Å². The Morgan fingerprint density at radius 3 is 2.71 bits per heavy atom. The molecule has 2 aromatic rings. The summed E-state index contributed by atoms with van der Waals surface area (Å²) in [6.07, 6.45) is 6.76. The van der Waals surface area contributed by atoms with E-state index in [-0.39, 0.29) is 5.41 Å². The number of fused-ring (bicyclic) bond motifs is 1. The van der Waals surface area contributed by atoms with E-state index in [1.807, 2.05) is 18.2 Å². The second-order valence-electron chi connectivity index (χ2n) is 6.16. The van der Waals surface area contributed by atoms with Crippen LogP contribution in [0.3, 0.4) is 0 Å². The van der Waals surface area contributed by atoms with Gasteiger partial charge in [-0.1, -0.05) is 31.4 Å². The number of para-hydroxylation sites is 2. The SMILES string of the molecule is N#CCc1nc2ccccc2n1CC1(CS)CCCCC1. The molecule has 21 heavy (non-hydrogen) atoms. The minimum absolute atomic E-state index is 0.259. The van der Waals surface area contributed by atoms with Gasteiger partial charge in [0.1, 0.15) is 5.82 Å². The molecule has 0 bridgehead atoms. The maximum atomic E-state index is 9.08. The van der Waals surface area contributed by atoms with E-state index in [0.717, 1.165) is 29.2 Å². The first-order valence-corrected chi connectivity index (χ1v) is 8.33. The van der Waals surface area contributed by atoms with E-state index in [0.29, 0.717) is 6.42 Å². The van der Waals surface area contributed by atoms with Crippen LogP contribution < -0.4 is 0 Å². The van der Waals surface area contributed by atoms with E-state index in [4.69, 9.17) is 5.26 Å². The van der Waals surface area contributed by atoms with Crippen LogP contribution in [0, 0.1) is 16.7 Å². The highest BCUT2D eigenvalue weighted by Crippen LogP contribution is 2.39. The molecule has 0 amide bonds. The Labute approximate surface area is 131 Å². The molecule has 0 spiro atoms. The van der Waals surface area contributed by atoms with Gasteiger partial charge in [0.25, 0.3) is 0 Å². The van der Waals surface area contributed by atoms with E-state index in [1.54, 1.807) is 0 Å². The quantitative estimate of drug-likeness (QED) is 0.868. The molecule has 0 aliphatic heterocycles. The first kappa shape index (κ1) is 14.5. The summed E-state index contributed by atoms with van der Waals surface area (Å²) in [6.45, 7) is 0.939. The van der Waals surface area contributed by atoms with Gasteiger partial charge in [-0.25, -0.2) is 4.98 Å². The summed E-state index contributed by atoms with van der Waals surface area (Å²) in [5.74, 6) is 1.80. The highest BCUT2D eigenvalue weighted by molar-refractivity contribution is 7.80. The fourth-order valence-corrected chi connectivity index (χ4v) is 3.93. The van der Waals surface area contributed by atoms with E-state index in [9.17, 15) is 0 Å². The highest BCUT2D eigenvalue weighted by atomic mass is 32.1. The smallest absolute Gasteiger partial charge is 0.124 e. The van der Waals surface area contributed by atoms with Crippen LogP contribution >= 0.6 is 12.6 Å². The van der Waals surface area contributed by atoms with Crippen LogP contribution in [-0.4, -0.2) is 15.3 Å². The minimum atomic E-state index is 0.259. The predicted octanol–water partition coefficient (Wildman–Crippen LogP) is 3.98. The van der Waals surface area contributed by atoms with Gasteiger partial charge in [0.15, 0.2) is 0 Å². The zero-order valence-corrected chi connectivity index (χ0v) is 13.1. The maximum absolute atomic E-state index is 9.08. The number of benzene rings is 1. The number of rotatable bonds is 4. The molecule has 1 aromatic heterocycles. The summed E-state index contributed by atoms with van der Waals surface area (Å²) in [5.41, 5.74) is 2.40. The Bertz CT molecular complexity index is 662. The first-order valence-electron chi connectivity index (χ1n) is 7.70. The predicted molar refractivity (Wildman–Crippen MR) is 88.4 cm³/mol. The molecule has 0 atom stereocenters. The number of hydrogen-bond acceptors (Lipinski definition) is 3. The molecule has 1 aromatic carbocycles. The van der Waals surface area contributed by atoms with Gasteiger partial charge in [0, 0.05) is 6.54 Å². The summed E-state index contributed by atoms with van der Waals surface area (Å²) >= 11 is 4.64. The van der Waals surface area contributed by atoms with Crippen LogP contribution in [0.15, 0.2) is 24.3 Å². The standard InChI is InChI=1S/C17H21N3S/c18-11-8-16-19-14-6-2-3-7-15(14)20(16)12-17(13-21)9-4-1-5-10-17/h2-3,6-7,21H,1,4-5,8-10,12-13H2. The molecule has 1 aliphatic rings. The van der Waals surface area contributed by atoms with Gasteiger partial charge in [0.2, 0.25) is 0 Å². The van der Waals surface area contributed by atoms with Crippen molar-refractivity contribution in [1.29, 1.82) is 5.26 Å². The largest absolute Gasteiger partial charge is 0.327 e. The molecule has 3 nitrogen and oxygen atoms in total. The fourth-order valence-electron chi connectivity index (χ4n) is 3.51. The van der Waals surface area contributed by atoms with Gasteiger partial charge in [-0.3, -0.25) is 0 Å². The lowest BCUT2D eigenvalue weighted by atomic mass is 9.75. The molecule has 0 radical (unpaired) electrons. The normalized spacial score (nSPS) is 17.7. The Hall–Kier alpha value is -1.47. The lowest BCUT2D eigenvalue weighted by molar-refractivity contribution is 0.190. The van der Waals surface area contributed by atoms with Crippen LogP contribution in [0.5, 0.6) is 0 Å². The van der Waals surface area contributed by atoms with Crippen molar-refractivity contribution in [3.63, 3.8) is 0 Å². The Morgan fingerprint density at radius 1 is 1.24 bits per heavy atom. The van der Waals surface area contributed by atoms with Crippen molar-refractivity contribution in [2.24, 2.45) is 5.41 Å². The van der Waals surface area contributed by atoms with E-state index in [2.05, 4.69) is 34.3 Å². The van der Waals surface area contributed by atoms with Gasteiger partial charge in [-0.15, -0.1) is 0 Å². The van der Waals surface area contributed by atoms with Crippen LogP contribution in [0.4, 0.5) is 0 Å². The van der Waals surface area contributed by atoms with Crippen molar-refractivity contribution in [2.75, 3.05) is 5.75 Å². The Morgan fingerprint density at radius 2 is 2.00 bits per heavy atom. The van der Waals surface area contributed by atoms with Crippen molar-refractivity contribution in [1.82, 2.24) is 9.55 Å². The average Bonchev–Trinajstić information content (AvgIpc) is 2.86. The van der Waals surface area contributed by atoms with Crippen LogP contribution in [-0.2, 0) is 13.0 Å². The monoisotopic (exact) mass is 299 g/mol. The molecule has 0 saturated heterocycles. The molecule has 1 fully saturated rings. The third-order valence-corrected chi connectivity index (χ3v) is 5.38. The third-order valence-electron chi connectivity index (χ3n) is 4.71. The Balaban J connectivity index is 2.02. The van der Waals surface area contributed by atoms with Gasteiger partial charge in [0.05, 0.1) is 23.5 Å². The second-order valence-corrected chi connectivity index (χ2v) is 6.47. The molecule has 4 heteroatoms. The van der Waals surface area contributed by atoms with Gasteiger partial charge >= 0.3 is 0 Å². The van der Waals surface area contributed by atoms with Crippen molar-refractivity contribution >= 4 is 23.7 Å². The second kappa shape index (κ2) is 6.11. The summed E-state index contributed by atoms with van der Waals surface area (Å²) in [7, 11) is 0. The van der Waals surface area contributed by atoms with E-state index < -0.39 is 0 Å². The van der Waals surface area contributed by atoms with Crippen LogP contribution in [0.25, 0.3) is 11.0 Å². The number of thiol groups is 1. The average molecular weight is 299 g/mol. The summed E-state index contributed by atoms with van der Waals surface area (Å²) in [6, 6.07) is 10.4. The number of hydrogen-bond donors (Lipinski definition) is 1. The van der Waals surface area contributed by atoms with Crippen LogP contribution in [0.2, 0.25) is 0 Å². The first-order chi connectivity index (χ1) is 10.3. The number of aromatic nitrogens is 2. The number of nitrogens with zero attached hydrogens (tertiary/aromatic N) is 3. The van der Waals surface area contributed by atoms with Crippen molar-refractivity contribution in [3.8, 4) is 6.07 Å². The number of nitriles is 1. The zero-order valence-electron chi connectivity index (χ0n) is 12.3. The third kappa shape index (κ3) is 2.80. The lowest BCUT2D eigenvalue weighted by Crippen LogP contribution is -2.32. The van der Waals surface area contributed by atoms with Crippen molar-refractivity contribution in [3.05, 3.63) is 30.1 Å². The van der Waals surface area contributed by atoms with E-state index in [1.165, 1.54) is 32.1 Å². The van der Waals surface area contributed by atoms with Crippen LogP contribution in [0.1, 0.15) is 37.9 Å². The van der Waals surface area contributed by atoms with Gasteiger partial charge in [-0.05, 0) is 36.1 Å². The fraction of sp³-hybridized carbons (Fsp3) is 0.529. The number of imidazole rings is 1. The topological polar surface area (TPSA) is 41.6 Å². The Kier molecular flexibility index (Phi) is 4.21. The lowest BCUT2D eigenvalue weighted by Gasteiger charge is -2.37. The molecule has 0 N–H and O–H groups in total. The summed E-state index contributed by atoms with van der Waals surface area (Å²) in [4.78, 5) is 4.65. The van der Waals surface area contributed by atoms with Crippen molar-refractivity contribution in [2.45, 2.75) is 45.1 Å². The molecular formula is C17H21N3S. The molecule has 3 rings (SSSR count). The van der Waals surface area contributed by atoms with E-state index >= 15 is 0 Å². The highest BCUT2D eigenvalue weighted by Gasteiger charge is 2.32. The molecule has 1 heterocycles. The molecule has 1 aliphatic carbocycles.